The summed E-state index contributed by atoms with van der Waals surface area (Å²) in [7, 11) is 0. The van der Waals surface area contributed by atoms with Gasteiger partial charge in [-0.3, -0.25) is 4.79 Å². The van der Waals surface area contributed by atoms with Crippen LogP contribution in [0.2, 0.25) is 0 Å². The van der Waals surface area contributed by atoms with Gasteiger partial charge in [0, 0.05) is 35.9 Å². The van der Waals surface area contributed by atoms with E-state index in [1.165, 1.54) is 6.07 Å². The van der Waals surface area contributed by atoms with Crippen molar-refractivity contribution in [3.05, 3.63) is 76.6 Å². The van der Waals surface area contributed by atoms with Crippen LogP contribution in [0, 0.1) is 20.8 Å². The average Bonchev–Trinajstić information content (AvgIpc) is 3.08. The van der Waals surface area contributed by atoms with E-state index >= 15 is 0 Å². The van der Waals surface area contributed by atoms with Crippen LogP contribution in [0.25, 0.3) is 5.69 Å². The molecule has 2 heterocycles. The average molecular weight is 457 g/mol. The molecular weight excluding hydrogens is 431 g/mol. The summed E-state index contributed by atoms with van der Waals surface area (Å²) in [5.74, 6) is -0.577. The highest BCUT2D eigenvalue weighted by Crippen LogP contribution is 2.38. The molecule has 0 saturated carbocycles. The molecule has 5 nitrogen and oxygen atoms in total. The Labute approximate surface area is 190 Å². The van der Waals surface area contributed by atoms with Crippen LogP contribution in [0.3, 0.4) is 0 Å². The molecule has 1 aromatic heterocycles. The lowest BCUT2D eigenvalue weighted by atomic mass is 10.1. The van der Waals surface area contributed by atoms with E-state index in [-0.39, 0.29) is 5.69 Å². The molecule has 0 radical (unpaired) electrons. The minimum atomic E-state index is -4.61. The monoisotopic (exact) mass is 457 g/mol. The van der Waals surface area contributed by atoms with E-state index < -0.39 is 17.6 Å². The van der Waals surface area contributed by atoms with Gasteiger partial charge in [-0.25, -0.2) is 0 Å². The number of aromatic nitrogens is 1. The van der Waals surface area contributed by atoms with Gasteiger partial charge in [0.25, 0.3) is 5.91 Å². The van der Waals surface area contributed by atoms with Gasteiger partial charge in [0.05, 0.1) is 30.0 Å². The number of anilines is 2. The van der Waals surface area contributed by atoms with Crippen LogP contribution in [0.15, 0.2) is 48.5 Å². The van der Waals surface area contributed by atoms with Gasteiger partial charge >= 0.3 is 6.18 Å². The first-order chi connectivity index (χ1) is 15.6. The van der Waals surface area contributed by atoms with Gasteiger partial charge in [-0.05, 0) is 62.7 Å². The second kappa shape index (κ2) is 8.94. The molecule has 174 valence electrons. The van der Waals surface area contributed by atoms with E-state index in [2.05, 4.69) is 5.32 Å². The summed E-state index contributed by atoms with van der Waals surface area (Å²) in [6.45, 7) is 7.61. The molecule has 0 unspecified atom stereocenters. The molecule has 1 amide bonds. The van der Waals surface area contributed by atoms with Gasteiger partial charge < -0.3 is 19.5 Å². The number of morpholine rings is 1. The Kier molecular flexibility index (Phi) is 6.21. The molecule has 1 aliphatic rings. The van der Waals surface area contributed by atoms with Gasteiger partial charge in [0.15, 0.2) is 0 Å². The third-order valence-corrected chi connectivity index (χ3v) is 5.87. The number of ether oxygens (including phenoxy) is 1. The van der Waals surface area contributed by atoms with E-state index in [1.54, 1.807) is 19.1 Å². The van der Waals surface area contributed by atoms with Crippen LogP contribution in [0.1, 0.15) is 32.9 Å². The third kappa shape index (κ3) is 4.75. The zero-order chi connectivity index (χ0) is 23.8. The Bertz CT molecular complexity index is 1180. The number of halogens is 3. The number of carbonyl (C=O) groups excluding carboxylic acids is 1. The minimum Gasteiger partial charge on any atom is -0.378 e. The normalized spacial score (nSPS) is 14.4. The molecule has 0 bridgehead atoms. The zero-order valence-corrected chi connectivity index (χ0v) is 18.8. The lowest BCUT2D eigenvalue weighted by Gasteiger charge is -2.29. The maximum Gasteiger partial charge on any atom is 0.418 e. The van der Waals surface area contributed by atoms with E-state index in [0.29, 0.717) is 43.2 Å². The fourth-order valence-electron chi connectivity index (χ4n) is 4.24. The molecule has 33 heavy (non-hydrogen) atoms. The summed E-state index contributed by atoms with van der Waals surface area (Å²) in [6, 6.07) is 13.5. The lowest BCUT2D eigenvalue weighted by molar-refractivity contribution is -0.136. The summed E-state index contributed by atoms with van der Waals surface area (Å²) in [5.41, 5.74) is 3.12. The number of hydrogen-bond donors (Lipinski definition) is 1. The van der Waals surface area contributed by atoms with Crippen LogP contribution in [-0.4, -0.2) is 36.8 Å². The number of aryl methyl sites for hydroxylation is 2. The molecule has 1 N–H and O–H groups in total. The Morgan fingerprint density at radius 1 is 0.970 bits per heavy atom. The summed E-state index contributed by atoms with van der Waals surface area (Å²) in [6.07, 6.45) is -4.61. The fourth-order valence-corrected chi connectivity index (χ4v) is 4.24. The summed E-state index contributed by atoms with van der Waals surface area (Å²) >= 11 is 0. The fraction of sp³-hybridized carbons (Fsp3) is 0.320. The van der Waals surface area contributed by atoms with Crippen LogP contribution in [0.5, 0.6) is 0 Å². The summed E-state index contributed by atoms with van der Waals surface area (Å²) < 4.78 is 48.8. The van der Waals surface area contributed by atoms with Crippen molar-refractivity contribution in [2.75, 3.05) is 36.5 Å². The second-order valence-corrected chi connectivity index (χ2v) is 8.24. The molecule has 4 rings (SSSR count). The van der Waals surface area contributed by atoms with Gasteiger partial charge in [-0.1, -0.05) is 12.1 Å². The third-order valence-electron chi connectivity index (χ3n) is 5.87. The van der Waals surface area contributed by atoms with Crippen molar-refractivity contribution in [2.45, 2.75) is 26.9 Å². The SMILES string of the molecule is Cc1cccc(-n2c(C)cc(C(=O)Nc3ccc(N4CCOCC4)cc3C(F)(F)F)c2C)c1. The molecule has 8 heteroatoms. The quantitative estimate of drug-likeness (QED) is 0.562. The molecule has 0 aliphatic carbocycles. The molecular formula is C25H26F3N3O2. The number of rotatable bonds is 4. The topological polar surface area (TPSA) is 46.5 Å². The minimum absolute atomic E-state index is 0.259. The van der Waals surface area contributed by atoms with Crippen LogP contribution < -0.4 is 10.2 Å². The van der Waals surface area contributed by atoms with Gasteiger partial charge in [0.2, 0.25) is 0 Å². The molecule has 0 spiro atoms. The molecule has 1 fully saturated rings. The zero-order valence-electron chi connectivity index (χ0n) is 18.8. The number of nitrogens with one attached hydrogen (secondary N) is 1. The Morgan fingerprint density at radius 2 is 1.70 bits per heavy atom. The first-order valence-corrected chi connectivity index (χ1v) is 10.8. The summed E-state index contributed by atoms with van der Waals surface area (Å²) in [4.78, 5) is 14.9. The standard InChI is InChI=1S/C25H26F3N3O2/c1-16-5-4-6-20(13-16)31-17(2)14-21(18(31)3)24(32)29-23-8-7-19(15-22(23)25(26,27)28)30-9-11-33-12-10-30/h4-8,13-15H,9-12H2,1-3H3,(H,29,32). The number of alkyl halides is 3. The molecule has 3 aromatic rings. The van der Waals surface area contributed by atoms with Crippen molar-refractivity contribution in [1.82, 2.24) is 4.57 Å². The van der Waals surface area contributed by atoms with E-state index in [1.807, 2.05) is 47.6 Å². The maximum absolute atomic E-state index is 13.9. The van der Waals surface area contributed by atoms with Crippen molar-refractivity contribution in [3.8, 4) is 5.69 Å². The van der Waals surface area contributed by atoms with Gasteiger partial charge in [-0.15, -0.1) is 0 Å². The highest BCUT2D eigenvalue weighted by Gasteiger charge is 2.35. The lowest BCUT2D eigenvalue weighted by Crippen LogP contribution is -2.36. The number of amides is 1. The van der Waals surface area contributed by atoms with Crippen LogP contribution in [-0.2, 0) is 10.9 Å². The van der Waals surface area contributed by atoms with Gasteiger partial charge in [-0.2, -0.15) is 13.2 Å². The van der Waals surface area contributed by atoms with Crippen LogP contribution in [0.4, 0.5) is 24.5 Å². The van der Waals surface area contributed by atoms with Crippen LogP contribution >= 0.6 is 0 Å². The van der Waals surface area contributed by atoms with Crippen molar-refractivity contribution in [1.29, 1.82) is 0 Å². The highest BCUT2D eigenvalue weighted by molar-refractivity contribution is 6.06. The summed E-state index contributed by atoms with van der Waals surface area (Å²) in [5, 5.41) is 2.49. The number of benzene rings is 2. The van der Waals surface area contributed by atoms with Crippen molar-refractivity contribution >= 4 is 17.3 Å². The van der Waals surface area contributed by atoms with Crippen molar-refractivity contribution < 1.29 is 22.7 Å². The molecule has 2 aromatic carbocycles. The second-order valence-electron chi connectivity index (χ2n) is 8.24. The van der Waals surface area contributed by atoms with E-state index in [0.717, 1.165) is 23.0 Å². The Hall–Kier alpha value is -3.26. The Morgan fingerprint density at radius 3 is 2.36 bits per heavy atom. The number of nitrogens with zero attached hydrogens (tertiary/aromatic N) is 2. The van der Waals surface area contributed by atoms with Crippen molar-refractivity contribution in [2.24, 2.45) is 0 Å². The first kappa shape index (κ1) is 22.9. The molecule has 1 aliphatic heterocycles. The van der Waals surface area contributed by atoms with E-state index in [4.69, 9.17) is 4.74 Å². The Balaban J connectivity index is 1.65. The maximum atomic E-state index is 13.9. The smallest absolute Gasteiger partial charge is 0.378 e. The molecule has 0 atom stereocenters. The number of hydrogen-bond acceptors (Lipinski definition) is 3. The molecule has 1 saturated heterocycles. The predicted molar refractivity (Wildman–Crippen MR) is 122 cm³/mol. The first-order valence-electron chi connectivity index (χ1n) is 10.8. The van der Waals surface area contributed by atoms with Crippen molar-refractivity contribution in [3.63, 3.8) is 0 Å². The number of carbonyl (C=O) groups is 1. The van der Waals surface area contributed by atoms with Gasteiger partial charge in [0.1, 0.15) is 0 Å². The largest absolute Gasteiger partial charge is 0.418 e. The predicted octanol–water partition coefficient (Wildman–Crippen LogP) is 5.51. The van der Waals surface area contributed by atoms with E-state index in [9.17, 15) is 18.0 Å². The highest BCUT2D eigenvalue weighted by atomic mass is 19.4.